The van der Waals surface area contributed by atoms with E-state index in [4.69, 9.17) is 23.8 Å². The number of hydrogen-bond acceptors (Lipinski definition) is 5. The van der Waals surface area contributed by atoms with Crippen LogP contribution in [0.1, 0.15) is 0 Å². The lowest BCUT2D eigenvalue weighted by Gasteiger charge is -2.10. The van der Waals surface area contributed by atoms with Crippen LogP contribution in [-0.4, -0.2) is 15.0 Å². The zero-order valence-corrected chi connectivity index (χ0v) is 25.6. The second-order valence-corrected chi connectivity index (χ2v) is 12.0. The highest BCUT2D eigenvalue weighted by atomic mass is 16.3. The highest BCUT2D eigenvalue weighted by Gasteiger charge is 2.20. The van der Waals surface area contributed by atoms with Crippen molar-refractivity contribution in [2.75, 3.05) is 0 Å². The molecule has 10 rings (SSSR count). The Morgan fingerprint density at radius 3 is 1.65 bits per heavy atom. The summed E-state index contributed by atoms with van der Waals surface area (Å²) in [7, 11) is 0. The van der Waals surface area contributed by atoms with Crippen molar-refractivity contribution >= 4 is 54.6 Å². The van der Waals surface area contributed by atoms with Crippen molar-refractivity contribution in [3.63, 3.8) is 0 Å². The van der Waals surface area contributed by atoms with Gasteiger partial charge in [-0.2, -0.15) is 0 Å². The number of para-hydroxylation sites is 1. The minimum Gasteiger partial charge on any atom is -0.456 e. The molecule has 0 aliphatic rings. The third kappa shape index (κ3) is 4.15. The largest absolute Gasteiger partial charge is 0.456 e. The van der Waals surface area contributed by atoms with Crippen LogP contribution in [0.15, 0.2) is 160 Å². The van der Waals surface area contributed by atoms with Gasteiger partial charge in [0.1, 0.15) is 22.3 Å². The van der Waals surface area contributed by atoms with E-state index < -0.39 is 0 Å². The van der Waals surface area contributed by atoms with Crippen LogP contribution in [0.25, 0.3) is 99.9 Å². The summed E-state index contributed by atoms with van der Waals surface area (Å²) in [6, 6.07) is 51.6. The van der Waals surface area contributed by atoms with Gasteiger partial charge in [-0.25, -0.2) is 15.0 Å². The lowest BCUT2D eigenvalue weighted by atomic mass is 9.97. The molecule has 0 N–H and O–H groups in total. The van der Waals surface area contributed by atoms with Gasteiger partial charge in [0.25, 0.3) is 0 Å². The van der Waals surface area contributed by atoms with Crippen LogP contribution in [-0.2, 0) is 0 Å². The molecule has 0 spiro atoms. The minimum absolute atomic E-state index is 0.579. The van der Waals surface area contributed by atoms with Crippen LogP contribution in [0.5, 0.6) is 0 Å². The van der Waals surface area contributed by atoms with Crippen molar-refractivity contribution in [2.45, 2.75) is 0 Å². The molecule has 0 saturated heterocycles. The molecule has 3 heterocycles. The normalized spacial score (nSPS) is 11.8. The number of furan rings is 2. The number of aromatic nitrogens is 3. The molecule has 5 nitrogen and oxygen atoms in total. The van der Waals surface area contributed by atoms with E-state index in [0.717, 1.165) is 66.1 Å². The fraction of sp³-hybridized carbons (Fsp3) is 0. The van der Waals surface area contributed by atoms with Crippen LogP contribution in [0.2, 0.25) is 0 Å². The maximum Gasteiger partial charge on any atom is 0.164 e. The SMILES string of the molecule is c1ccc(-c2nc(-c3cccc4oc5ccccc5c34)nc(-c3cccc4oc5cc(-c6cccc7ccccc67)ccc5c34)n2)cc1. The molecule has 0 amide bonds. The van der Waals surface area contributed by atoms with Gasteiger partial charge < -0.3 is 8.83 Å². The topological polar surface area (TPSA) is 65.0 Å². The Kier molecular flexibility index (Phi) is 5.81. The summed E-state index contributed by atoms with van der Waals surface area (Å²) in [5.41, 5.74) is 8.18. The highest BCUT2D eigenvalue weighted by Crippen LogP contribution is 2.40. The predicted molar refractivity (Wildman–Crippen MR) is 194 cm³/mol. The van der Waals surface area contributed by atoms with Crippen LogP contribution in [0.4, 0.5) is 0 Å². The van der Waals surface area contributed by atoms with E-state index in [1.54, 1.807) is 0 Å². The molecule has 0 saturated carbocycles. The molecule has 0 unspecified atom stereocenters. The molecule has 0 bridgehead atoms. The van der Waals surface area contributed by atoms with Gasteiger partial charge in [-0.05, 0) is 52.2 Å². The van der Waals surface area contributed by atoms with E-state index in [1.165, 1.54) is 16.3 Å². The van der Waals surface area contributed by atoms with Crippen LogP contribution in [0.3, 0.4) is 0 Å². The summed E-state index contributed by atoms with van der Waals surface area (Å²) in [5.74, 6) is 1.76. The van der Waals surface area contributed by atoms with Crippen molar-refractivity contribution in [1.82, 2.24) is 15.0 Å². The molecular weight excluding hydrogens is 590 g/mol. The molecule has 5 heteroatoms. The van der Waals surface area contributed by atoms with Crippen LogP contribution >= 0.6 is 0 Å². The Balaban J connectivity index is 1.20. The van der Waals surface area contributed by atoms with Gasteiger partial charge in [0.05, 0.1) is 0 Å². The summed E-state index contributed by atoms with van der Waals surface area (Å²) < 4.78 is 12.8. The number of rotatable bonds is 4. The van der Waals surface area contributed by atoms with E-state index in [1.807, 2.05) is 72.8 Å². The number of nitrogens with zero attached hydrogens (tertiary/aromatic N) is 3. The van der Waals surface area contributed by atoms with Gasteiger partial charge in [0.2, 0.25) is 0 Å². The first kappa shape index (κ1) is 26.6. The molecular formula is C43H25N3O2. The second kappa shape index (κ2) is 10.5. The Morgan fingerprint density at radius 2 is 0.875 bits per heavy atom. The fourth-order valence-electron chi connectivity index (χ4n) is 6.95. The van der Waals surface area contributed by atoms with Crippen LogP contribution in [0, 0.1) is 0 Å². The second-order valence-electron chi connectivity index (χ2n) is 12.0. The fourth-order valence-corrected chi connectivity index (χ4v) is 6.95. The summed E-state index contributed by atoms with van der Waals surface area (Å²) in [5, 5.41) is 6.41. The number of fused-ring (bicyclic) bond motifs is 7. The third-order valence-corrected chi connectivity index (χ3v) is 9.15. The van der Waals surface area contributed by atoms with Crippen LogP contribution < -0.4 is 0 Å². The zero-order chi connectivity index (χ0) is 31.6. The Labute approximate surface area is 274 Å². The summed E-state index contributed by atoms with van der Waals surface area (Å²) in [4.78, 5) is 15.3. The Hall–Kier alpha value is -6.59. The van der Waals surface area contributed by atoms with Crippen molar-refractivity contribution in [2.24, 2.45) is 0 Å². The molecule has 7 aromatic carbocycles. The van der Waals surface area contributed by atoms with Gasteiger partial charge >= 0.3 is 0 Å². The smallest absolute Gasteiger partial charge is 0.164 e. The molecule has 3 aromatic heterocycles. The predicted octanol–water partition coefficient (Wildman–Crippen LogP) is 11.5. The van der Waals surface area contributed by atoms with E-state index >= 15 is 0 Å². The van der Waals surface area contributed by atoms with E-state index in [-0.39, 0.29) is 0 Å². The zero-order valence-electron chi connectivity index (χ0n) is 25.6. The van der Waals surface area contributed by atoms with E-state index in [2.05, 4.69) is 78.9 Å². The van der Waals surface area contributed by atoms with Gasteiger partial charge in [-0.3, -0.25) is 0 Å². The van der Waals surface area contributed by atoms with Crippen molar-refractivity contribution in [3.8, 4) is 45.3 Å². The molecule has 10 aromatic rings. The first-order valence-electron chi connectivity index (χ1n) is 15.9. The van der Waals surface area contributed by atoms with Crippen molar-refractivity contribution in [3.05, 3.63) is 152 Å². The number of benzene rings is 7. The van der Waals surface area contributed by atoms with Gasteiger partial charge in [-0.15, -0.1) is 0 Å². The highest BCUT2D eigenvalue weighted by molar-refractivity contribution is 6.14. The lowest BCUT2D eigenvalue weighted by molar-refractivity contribution is 0.668. The van der Waals surface area contributed by atoms with Gasteiger partial charge in [0.15, 0.2) is 17.5 Å². The van der Waals surface area contributed by atoms with Gasteiger partial charge in [-0.1, -0.05) is 121 Å². The summed E-state index contributed by atoms with van der Waals surface area (Å²) >= 11 is 0. The van der Waals surface area contributed by atoms with Crippen molar-refractivity contribution < 1.29 is 8.83 Å². The quantitative estimate of drug-likeness (QED) is 0.197. The monoisotopic (exact) mass is 615 g/mol. The van der Waals surface area contributed by atoms with E-state index in [9.17, 15) is 0 Å². The lowest BCUT2D eigenvalue weighted by Crippen LogP contribution is -2.00. The van der Waals surface area contributed by atoms with E-state index in [0.29, 0.717) is 17.5 Å². The maximum absolute atomic E-state index is 6.53. The van der Waals surface area contributed by atoms with Crippen molar-refractivity contribution in [1.29, 1.82) is 0 Å². The molecule has 0 radical (unpaired) electrons. The molecule has 48 heavy (non-hydrogen) atoms. The molecule has 224 valence electrons. The first-order valence-corrected chi connectivity index (χ1v) is 15.9. The summed E-state index contributed by atoms with van der Waals surface area (Å²) in [6.45, 7) is 0. The number of hydrogen-bond donors (Lipinski definition) is 0. The standard InChI is InChI=1S/C43H25N3O2/c1-2-12-27(13-3-1)41-44-42(33-18-9-21-36-39(33)31-16-6-7-20-35(31)47-36)46-43(45-41)34-19-10-22-37-40(34)32-24-23-28(25-38(32)48-37)30-17-8-14-26-11-4-5-15-29(26)30/h1-25H. The molecule has 0 fully saturated rings. The molecule has 0 atom stereocenters. The first-order chi connectivity index (χ1) is 23.8. The average Bonchev–Trinajstić information content (AvgIpc) is 3.73. The molecule has 0 aliphatic heterocycles. The van der Waals surface area contributed by atoms with Gasteiger partial charge in [0, 0.05) is 38.2 Å². The third-order valence-electron chi connectivity index (χ3n) is 9.15. The Bertz CT molecular complexity index is 2840. The average molecular weight is 616 g/mol. The maximum atomic E-state index is 6.53. The Morgan fingerprint density at radius 1 is 0.333 bits per heavy atom. The minimum atomic E-state index is 0.579. The summed E-state index contributed by atoms with van der Waals surface area (Å²) in [6.07, 6.45) is 0. The molecule has 0 aliphatic carbocycles.